The first-order valence-corrected chi connectivity index (χ1v) is 14.7. The summed E-state index contributed by atoms with van der Waals surface area (Å²) in [5.41, 5.74) is -0.528. The molecule has 7 nitrogen and oxygen atoms in total. The molecule has 2 saturated carbocycles. The Morgan fingerprint density at radius 1 is 1.04 bits per heavy atom. The fourth-order valence-electron chi connectivity index (χ4n) is 7.29. The first kappa shape index (κ1) is 33.1. The SMILES string of the molecule is N#Cc1ccc2c(c1)CCc1c(C(=O)N[C@H]3[C@@H](C(=O)Nc4ccc(F)c(C(F)(F)F)c4)[C@H]4CC[C@@H]3/C4=C\C(F)(F)F)nn(CC(F)F)c1-2. The zero-order valence-corrected chi connectivity index (χ0v) is 24.5. The van der Waals surface area contributed by atoms with Gasteiger partial charge in [0.05, 0.1) is 28.8 Å². The summed E-state index contributed by atoms with van der Waals surface area (Å²) < 4.78 is 123. The number of benzene rings is 2. The van der Waals surface area contributed by atoms with Crippen LogP contribution in [-0.2, 0) is 30.4 Å². The van der Waals surface area contributed by atoms with Crippen LogP contribution in [0.15, 0.2) is 48.0 Å². The zero-order valence-electron chi connectivity index (χ0n) is 24.5. The van der Waals surface area contributed by atoms with Crippen LogP contribution in [-0.4, -0.2) is 40.2 Å². The largest absolute Gasteiger partial charge is 0.419 e. The minimum atomic E-state index is -5.10. The zero-order chi connectivity index (χ0) is 34.7. The van der Waals surface area contributed by atoms with E-state index in [1.807, 2.05) is 6.07 Å². The number of amides is 2. The maximum atomic E-state index is 13.9. The number of carbonyl (C=O) groups excluding carboxylic acids is 2. The number of halogens is 9. The van der Waals surface area contributed by atoms with E-state index in [0.29, 0.717) is 40.8 Å². The third-order valence-electron chi connectivity index (χ3n) is 9.08. The summed E-state index contributed by atoms with van der Waals surface area (Å²) in [6.07, 6.45) is -11.9. The van der Waals surface area contributed by atoms with Crippen LogP contribution in [0.4, 0.5) is 45.2 Å². The van der Waals surface area contributed by atoms with E-state index in [2.05, 4.69) is 15.7 Å². The van der Waals surface area contributed by atoms with Crippen LogP contribution in [0.25, 0.3) is 11.3 Å². The van der Waals surface area contributed by atoms with Gasteiger partial charge in [0, 0.05) is 34.9 Å². The van der Waals surface area contributed by atoms with Crippen molar-refractivity contribution in [3.05, 3.63) is 81.8 Å². The molecule has 0 aliphatic heterocycles. The molecule has 4 atom stereocenters. The van der Waals surface area contributed by atoms with Gasteiger partial charge in [0.1, 0.15) is 12.4 Å². The molecule has 252 valence electrons. The Hall–Kier alpha value is -4.81. The predicted octanol–water partition coefficient (Wildman–Crippen LogP) is 6.83. The van der Waals surface area contributed by atoms with E-state index >= 15 is 0 Å². The highest BCUT2D eigenvalue weighted by Crippen LogP contribution is 2.54. The standard InChI is InChI=1S/C32H24F9N5O2/c33-23-8-3-16(10-22(23)32(39,40)41)43-29(47)25-18-6-7-19(21(18)11-31(36,37)38)26(25)44-30(48)27-20-5-2-15-9-14(12-42)1-4-17(15)28(20)46(45-27)13-24(34)35/h1,3-4,8-11,18-19,24-26H,2,5-7,13H2,(H,43,47)(H,44,48)/b21-11-/t18-,19+,25-,26+/m0/s1. The lowest BCUT2D eigenvalue weighted by molar-refractivity contribution is -0.140. The van der Waals surface area contributed by atoms with E-state index in [9.17, 15) is 54.4 Å². The number of alkyl halides is 8. The molecule has 3 aromatic rings. The molecule has 16 heteroatoms. The van der Waals surface area contributed by atoms with Gasteiger partial charge in [-0.3, -0.25) is 14.3 Å². The van der Waals surface area contributed by atoms with E-state index in [0.717, 1.165) is 10.7 Å². The van der Waals surface area contributed by atoms with Crippen LogP contribution in [0.5, 0.6) is 0 Å². The molecule has 48 heavy (non-hydrogen) atoms. The van der Waals surface area contributed by atoms with Crippen LogP contribution >= 0.6 is 0 Å². The third kappa shape index (κ3) is 6.13. The number of nitrogens with zero attached hydrogens (tertiary/aromatic N) is 3. The highest BCUT2D eigenvalue weighted by Gasteiger charge is 2.56. The second-order valence-electron chi connectivity index (χ2n) is 11.9. The predicted molar refractivity (Wildman–Crippen MR) is 151 cm³/mol. The number of rotatable bonds is 6. The lowest BCUT2D eigenvalue weighted by Gasteiger charge is -2.30. The van der Waals surface area contributed by atoms with Crippen molar-refractivity contribution in [2.45, 2.75) is 57.0 Å². The molecule has 2 amide bonds. The molecule has 1 aromatic heterocycles. The van der Waals surface area contributed by atoms with Gasteiger partial charge in [-0.2, -0.15) is 36.7 Å². The first-order valence-electron chi connectivity index (χ1n) is 14.7. The molecule has 2 N–H and O–H groups in total. The Balaban J connectivity index is 1.35. The molecule has 2 fully saturated rings. The van der Waals surface area contributed by atoms with Crippen LogP contribution < -0.4 is 10.6 Å². The molecule has 2 aromatic carbocycles. The normalized spacial score (nSPS) is 22.4. The van der Waals surface area contributed by atoms with E-state index in [-0.39, 0.29) is 42.3 Å². The quantitative estimate of drug-likeness (QED) is 0.220. The molecule has 2 bridgehead atoms. The van der Waals surface area contributed by atoms with Gasteiger partial charge >= 0.3 is 12.4 Å². The number of carbonyl (C=O) groups is 2. The number of nitriles is 1. The number of aromatic nitrogens is 2. The number of hydrogen-bond donors (Lipinski definition) is 2. The molecule has 0 saturated heterocycles. The van der Waals surface area contributed by atoms with E-state index in [4.69, 9.17) is 0 Å². The maximum Gasteiger partial charge on any atom is 0.419 e. The molecule has 3 aliphatic carbocycles. The average Bonchev–Trinajstić information content (AvgIpc) is 3.65. The van der Waals surface area contributed by atoms with Gasteiger partial charge in [0.15, 0.2) is 5.69 Å². The topological polar surface area (TPSA) is 99.8 Å². The van der Waals surface area contributed by atoms with Crippen molar-refractivity contribution in [2.24, 2.45) is 17.8 Å². The van der Waals surface area contributed by atoms with E-state index in [1.165, 1.54) is 6.07 Å². The van der Waals surface area contributed by atoms with Crippen LogP contribution in [0.1, 0.15) is 45.6 Å². The second kappa shape index (κ2) is 12.0. The van der Waals surface area contributed by atoms with Crippen molar-refractivity contribution in [1.82, 2.24) is 15.1 Å². The van der Waals surface area contributed by atoms with Crippen molar-refractivity contribution < 1.29 is 49.1 Å². The summed E-state index contributed by atoms with van der Waals surface area (Å²) in [4.78, 5) is 27.4. The maximum absolute atomic E-state index is 13.9. The Labute approximate surface area is 266 Å². The number of aryl methyl sites for hydroxylation is 1. The van der Waals surface area contributed by atoms with Crippen LogP contribution in [0.3, 0.4) is 0 Å². The second-order valence-corrected chi connectivity index (χ2v) is 11.9. The van der Waals surface area contributed by atoms with Crippen molar-refractivity contribution in [1.29, 1.82) is 5.26 Å². The van der Waals surface area contributed by atoms with Gasteiger partial charge in [-0.15, -0.1) is 0 Å². The van der Waals surface area contributed by atoms with Crippen molar-refractivity contribution in [3.8, 4) is 17.3 Å². The van der Waals surface area contributed by atoms with Gasteiger partial charge in [0.2, 0.25) is 5.91 Å². The Kier molecular flexibility index (Phi) is 8.29. The highest BCUT2D eigenvalue weighted by molar-refractivity contribution is 5.98. The van der Waals surface area contributed by atoms with Crippen LogP contribution in [0.2, 0.25) is 0 Å². The minimum Gasteiger partial charge on any atom is -0.346 e. The fourth-order valence-corrected chi connectivity index (χ4v) is 7.29. The number of nitrogens with one attached hydrogen (secondary N) is 2. The Morgan fingerprint density at radius 3 is 2.44 bits per heavy atom. The molecular formula is C32H24F9N5O2. The summed E-state index contributed by atoms with van der Waals surface area (Å²) in [7, 11) is 0. The molecule has 1 heterocycles. The van der Waals surface area contributed by atoms with Gasteiger partial charge in [-0.1, -0.05) is 11.6 Å². The number of hydrogen-bond acceptors (Lipinski definition) is 4. The lowest BCUT2D eigenvalue weighted by atomic mass is 9.83. The summed E-state index contributed by atoms with van der Waals surface area (Å²) in [5.74, 6) is -6.89. The third-order valence-corrected chi connectivity index (χ3v) is 9.08. The summed E-state index contributed by atoms with van der Waals surface area (Å²) in [5, 5.41) is 18.3. The van der Waals surface area contributed by atoms with E-state index in [1.54, 1.807) is 12.1 Å². The number of anilines is 1. The van der Waals surface area contributed by atoms with Gasteiger partial charge in [0.25, 0.3) is 12.3 Å². The molecule has 0 radical (unpaired) electrons. The van der Waals surface area contributed by atoms with Crippen molar-refractivity contribution >= 4 is 17.5 Å². The molecule has 0 spiro atoms. The molecular weight excluding hydrogens is 657 g/mol. The number of allylic oxidation sites excluding steroid dienone is 1. The Bertz CT molecular complexity index is 1870. The smallest absolute Gasteiger partial charge is 0.346 e. The van der Waals surface area contributed by atoms with Gasteiger partial charge < -0.3 is 10.6 Å². The monoisotopic (exact) mass is 681 g/mol. The minimum absolute atomic E-state index is 0.0626. The van der Waals surface area contributed by atoms with Crippen molar-refractivity contribution in [2.75, 3.05) is 5.32 Å². The molecule has 0 unspecified atom stereocenters. The first-order chi connectivity index (χ1) is 22.6. The van der Waals surface area contributed by atoms with Gasteiger partial charge in [-0.05, 0) is 67.5 Å². The van der Waals surface area contributed by atoms with Crippen molar-refractivity contribution in [3.63, 3.8) is 0 Å². The summed E-state index contributed by atoms with van der Waals surface area (Å²) in [6, 6.07) is 7.10. The molecule has 6 rings (SSSR count). The van der Waals surface area contributed by atoms with E-state index < -0.39 is 78.0 Å². The summed E-state index contributed by atoms with van der Waals surface area (Å²) >= 11 is 0. The van der Waals surface area contributed by atoms with Crippen LogP contribution in [0, 0.1) is 34.9 Å². The molecule has 3 aliphatic rings. The van der Waals surface area contributed by atoms with Gasteiger partial charge in [-0.25, -0.2) is 13.2 Å². The average molecular weight is 682 g/mol. The fraction of sp³-hybridized carbons (Fsp3) is 0.375. The number of fused-ring (bicyclic) bond motifs is 5. The highest BCUT2D eigenvalue weighted by atomic mass is 19.4. The Morgan fingerprint density at radius 2 is 1.77 bits per heavy atom. The lowest BCUT2D eigenvalue weighted by Crippen LogP contribution is -2.48. The summed E-state index contributed by atoms with van der Waals surface area (Å²) in [6.45, 7) is -0.885.